The topological polar surface area (TPSA) is 70.2 Å². The third-order valence-corrected chi connectivity index (χ3v) is 3.42. The number of benzene rings is 1. The lowest BCUT2D eigenvalue weighted by molar-refractivity contribution is -0.114. The molecule has 0 aliphatic heterocycles. The number of nitrogens with one attached hydrogen (secondary N) is 2. The number of amides is 1. The fraction of sp³-hybridized carbons (Fsp3) is 0.389. The number of anilines is 4. The van der Waals surface area contributed by atoms with Crippen LogP contribution in [0.4, 0.5) is 23.0 Å². The summed E-state index contributed by atoms with van der Waals surface area (Å²) in [5, 5.41) is 6.04. The lowest BCUT2D eigenvalue weighted by Crippen LogP contribution is -2.25. The second-order valence-electron chi connectivity index (χ2n) is 5.64. The summed E-state index contributed by atoms with van der Waals surface area (Å²) in [5.41, 5.74) is 1.61. The summed E-state index contributed by atoms with van der Waals surface area (Å²) in [6.07, 6.45) is 3.73. The first-order valence-electron chi connectivity index (χ1n) is 8.34. The highest BCUT2D eigenvalue weighted by atomic mass is 16.1. The standard InChI is InChI=1S/C18H25N5O/c1-4-9-23(10-5-2)18-12-17(19-13-20-18)22-16-8-6-7-15(11-16)21-14(3)24/h6-8,11-13H,4-5,9-10H2,1-3H3,(H,21,24)(H,19,20,22). The van der Waals surface area contributed by atoms with E-state index in [1.54, 1.807) is 6.33 Å². The molecule has 0 radical (unpaired) electrons. The Morgan fingerprint density at radius 3 is 2.46 bits per heavy atom. The van der Waals surface area contributed by atoms with Crippen molar-refractivity contribution in [2.75, 3.05) is 28.6 Å². The van der Waals surface area contributed by atoms with E-state index in [-0.39, 0.29) is 5.91 Å². The molecule has 6 nitrogen and oxygen atoms in total. The van der Waals surface area contributed by atoms with Gasteiger partial charge in [-0.2, -0.15) is 0 Å². The number of hydrogen-bond acceptors (Lipinski definition) is 5. The molecule has 1 heterocycles. The molecule has 0 bridgehead atoms. The zero-order chi connectivity index (χ0) is 17.4. The molecule has 6 heteroatoms. The van der Waals surface area contributed by atoms with Crippen LogP contribution in [0.25, 0.3) is 0 Å². The second kappa shape index (κ2) is 8.86. The second-order valence-corrected chi connectivity index (χ2v) is 5.64. The molecular weight excluding hydrogens is 302 g/mol. The Morgan fingerprint density at radius 2 is 1.79 bits per heavy atom. The minimum atomic E-state index is -0.0914. The summed E-state index contributed by atoms with van der Waals surface area (Å²) in [7, 11) is 0. The fourth-order valence-electron chi connectivity index (χ4n) is 2.49. The van der Waals surface area contributed by atoms with E-state index in [2.05, 4.69) is 39.3 Å². The molecule has 2 rings (SSSR count). The van der Waals surface area contributed by atoms with Crippen molar-refractivity contribution in [1.82, 2.24) is 9.97 Å². The molecule has 1 aromatic carbocycles. The molecule has 0 aliphatic carbocycles. The van der Waals surface area contributed by atoms with Gasteiger partial charge in [0, 0.05) is 37.5 Å². The van der Waals surface area contributed by atoms with Crippen molar-refractivity contribution in [3.05, 3.63) is 36.7 Å². The molecule has 2 aromatic rings. The maximum Gasteiger partial charge on any atom is 0.221 e. The van der Waals surface area contributed by atoms with E-state index >= 15 is 0 Å². The van der Waals surface area contributed by atoms with Gasteiger partial charge < -0.3 is 15.5 Å². The van der Waals surface area contributed by atoms with Crippen LogP contribution in [-0.4, -0.2) is 29.0 Å². The summed E-state index contributed by atoms with van der Waals surface area (Å²) in [5.74, 6) is 1.57. The Labute approximate surface area is 143 Å². The van der Waals surface area contributed by atoms with Crippen molar-refractivity contribution in [2.24, 2.45) is 0 Å². The molecule has 128 valence electrons. The summed E-state index contributed by atoms with van der Waals surface area (Å²) < 4.78 is 0. The monoisotopic (exact) mass is 327 g/mol. The number of hydrogen-bond donors (Lipinski definition) is 2. The molecule has 0 saturated heterocycles. The number of nitrogens with zero attached hydrogens (tertiary/aromatic N) is 3. The first-order valence-corrected chi connectivity index (χ1v) is 8.34. The van der Waals surface area contributed by atoms with E-state index in [0.29, 0.717) is 0 Å². The lowest BCUT2D eigenvalue weighted by atomic mass is 10.2. The number of aromatic nitrogens is 2. The molecule has 0 aliphatic rings. The van der Waals surface area contributed by atoms with Crippen molar-refractivity contribution >= 4 is 28.9 Å². The average molecular weight is 327 g/mol. The Balaban J connectivity index is 2.15. The minimum Gasteiger partial charge on any atom is -0.356 e. The molecule has 1 aromatic heterocycles. The molecule has 0 fully saturated rings. The van der Waals surface area contributed by atoms with Crippen molar-refractivity contribution in [3.63, 3.8) is 0 Å². The minimum absolute atomic E-state index is 0.0914. The zero-order valence-electron chi connectivity index (χ0n) is 14.5. The van der Waals surface area contributed by atoms with E-state index in [1.807, 2.05) is 30.3 Å². The Morgan fingerprint density at radius 1 is 1.08 bits per heavy atom. The van der Waals surface area contributed by atoms with Crippen LogP contribution in [0, 0.1) is 0 Å². The van der Waals surface area contributed by atoms with Gasteiger partial charge in [0.1, 0.15) is 18.0 Å². The Kier molecular flexibility index (Phi) is 6.54. The third kappa shape index (κ3) is 5.22. The van der Waals surface area contributed by atoms with Crippen LogP contribution in [-0.2, 0) is 4.79 Å². The smallest absolute Gasteiger partial charge is 0.221 e. The van der Waals surface area contributed by atoms with Gasteiger partial charge in [0.15, 0.2) is 0 Å². The van der Waals surface area contributed by atoms with Crippen LogP contribution in [0.2, 0.25) is 0 Å². The molecule has 2 N–H and O–H groups in total. The summed E-state index contributed by atoms with van der Waals surface area (Å²) >= 11 is 0. The van der Waals surface area contributed by atoms with Gasteiger partial charge in [-0.3, -0.25) is 4.79 Å². The van der Waals surface area contributed by atoms with Gasteiger partial charge >= 0.3 is 0 Å². The van der Waals surface area contributed by atoms with Gasteiger partial charge in [0.25, 0.3) is 0 Å². The van der Waals surface area contributed by atoms with Crippen LogP contribution in [0.1, 0.15) is 33.6 Å². The van der Waals surface area contributed by atoms with E-state index in [4.69, 9.17) is 0 Å². The fourth-order valence-corrected chi connectivity index (χ4v) is 2.49. The average Bonchev–Trinajstić information content (AvgIpc) is 2.54. The molecule has 1 amide bonds. The highest BCUT2D eigenvalue weighted by molar-refractivity contribution is 5.89. The number of carbonyl (C=O) groups is 1. The van der Waals surface area contributed by atoms with Gasteiger partial charge in [0.2, 0.25) is 5.91 Å². The summed E-state index contributed by atoms with van der Waals surface area (Å²) in [6.45, 7) is 7.77. The van der Waals surface area contributed by atoms with E-state index in [1.165, 1.54) is 6.92 Å². The third-order valence-electron chi connectivity index (χ3n) is 3.42. The maximum atomic E-state index is 11.2. The van der Waals surface area contributed by atoms with Crippen LogP contribution in [0.5, 0.6) is 0 Å². The first kappa shape index (κ1) is 17.7. The summed E-state index contributed by atoms with van der Waals surface area (Å²) in [6, 6.07) is 9.50. The molecule has 0 spiro atoms. The molecular formula is C18H25N5O. The Bertz CT molecular complexity index is 668. The molecule has 0 unspecified atom stereocenters. The highest BCUT2D eigenvalue weighted by Crippen LogP contribution is 2.21. The van der Waals surface area contributed by atoms with Crippen LogP contribution in [0.15, 0.2) is 36.7 Å². The van der Waals surface area contributed by atoms with E-state index in [0.717, 1.165) is 48.9 Å². The van der Waals surface area contributed by atoms with Gasteiger partial charge in [-0.25, -0.2) is 9.97 Å². The lowest BCUT2D eigenvalue weighted by Gasteiger charge is -2.22. The van der Waals surface area contributed by atoms with Crippen molar-refractivity contribution in [2.45, 2.75) is 33.6 Å². The van der Waals surface area contributed by atoms with Crippen LogP contribution >= 0.6 is 0 Å². The highest BCUT2D eigenvalue weighted by Gasteiger charge is 2.08. The first-order chi connectivity index (χ1) is 11.6. The zero-order valence-corrected chi connectivity index (χ0v) is 14.5. The van der Waals surface area contributed by atoms with Crippen molar-refractivity contribution in [1.29, 1.82) is 0 Å². The van der Waals surface area contributed by atoms with E-state index < -0.39 is 0 Å². The van der Waals surface area contributed by atoms with Gasteiger partial charge in [-0.15, -0.1) is 0 Å². The van der Waals surface area contributed by atoms with Gasteiger partial charge in [0.05, 0.1) is 0 Å². The maximum absolute atomic E-state index is 11.2. The SMILES string of the molecule is CCCN(CCC)c1cc(Nc2cccc(NC(C)=O)c2)ncn1. The molecule has 0 saturated carbocycles. The number of carbonyl (C=O) groups excluding carboxylic acids is 1. The normalized spacial score (nSPS) is 10.3. The van der Waals surface area contributed by atoms with Crippen LogP contribution < -0.4 is 15.5 Å². The predicted octanol–water partition coefficient (Wildman–Crippen LogP) is 3.81. The Hall–Kier alpha value is -2.63. The van der Waals surface area contributed by atoms with Crippen molar-refractivity contribution in [3.8, 4) is 0 Å². The van der Waals surface area contributed by atoms with Gasteiger partial charge in [-0.1, -0.05) is 19.9 Å². The quantitative estimate of drug-likeness (QED) is 0.771. The number of rotatable bonds is 8. The van der Waals surface area contributed by atoms with E-state index in [9.17, 15) is 4.79 Å². The molecule has 0 atom stereocenters. The largest absolute Gasteiger partial charge is 0.356 e. The summed E-state index contributed by atoms with van der Waals surface area (Å²) in [4.78, 5) is 22.1. The van der Waals surface area contributed by atoms with Gasteiger partial charge in [-0.05, 0) is 31.0 Å². The molecule has 24 heavy (non-hydrogen) atoms. The van der Waals surface area contributed by atoms with Crippen molar-refractivity contribution < 1.29 is 4.79 Å². The van der Waals surface area contributed by atoms with Crippen LogP contribution in [0.3, 0.4) is 0 Å². The predicted molar refractivity (Wildman–Crippen MR) is 98.9 cm³/mol.